The average molecular weight is 221 g/mol. The van der Waals surface area contributed by atoms with Gasteiger partial charge in [-0.05, 0) is 24.6 Å². The number of hydrogen-bond acceptors (Lipinski definition) is 2. The number of aliphatic carboxylic acids is 1. The van der Waals surface area contributed by atoms with Gasteiger partial charge in [-0.1, -0.05) is 31.2 Å². The maximum Gasteiger partial charge on any atom is 0.304 e. The molecule has 0 aliphatic carbocycles. The van der Waals surface area contributed by atoms with Crippen LogP contribution in [0.4, 0.5) is 0 Å². The van der Waals surface area contributed by atoms with Gasteiger partial charge in [0.1, 0.15) is 0 Å². The van der Waals surface area contributed by atoms with Crippen LogP contribution in [0.25, 0.3) is 0 Å². The number of benzene rings is 1. The molecule has 3 nitrogen and oxygen atoms in total. The molecule has 0 aliphatic heterocycles. The van der Waals surface area contributed by atoms with E-state index >= 15 is 0 Å². The second kappa shape index (κ2) is 6.28. The largest absolute Gasteiger partial charge is 0.481 e. The molecule has 3 heteroatoms. The van der Waals surface area contributed by atoms with Crippen LogP contribution in [0.5, 0.6) is 0 Å². The molecule has 1 rings (SSSR count). The lowest BCUT2D eigenvalue weighted by molar-refractivity contribution is -0.137. The van der Waals surface area contributed by atoms with E-state index in [9.17, 15) is 4.79 Å². The fraction of sp³-hybridized carbons (Fsp3) is 0.462. The van der Waals surface area contributed by atoms with E-state index in [0.717, 1.165) is 13.1 Å². The summed E-state index contributed by atoms with van der Waals surface area (Å²) < 4.78 is 0. The Kier molecular flexibility index (Phi) is 4.99. The van der Waals surface area contributed by atoms with Gasteiger partial charge in [0, 0.05) is 13.1 Å². The third kappa shape index (κ3) is 4.03. The zero-order chi connectivity index (χ0) is 12.0. The van der Waals surface area contributed by atoms with Gasteiger partial charge in [-0.2, -0.15) is 0 Å². The van der Waals surface area contributed by atoms with Gasteiger partial charge in [0.05, 0.1) is 6.42 Å². The Morgan fingerprint density at radius 2 is 2.06 bits per heavy atom. The van der Waals surface area contributed by atoms with Crippen molar-refractivity contribution in [2.75, 3.05) is 13.1 Å². The van der Waals surface area contributed by atoms with Crippen molar-refractivity contribution in [2.24, 2.45) is 0 Å². The molecule has 88 valence electrons. The van der Waals surface area contributed by atoms with E-state index in [0.29, 0.717) is 6.54 Å². The molecule has 0 heterocycles. The van der Waals surface area contributed by atoms with Gasteiger partial charge in [-0.25, -0.2) is 0 Å². The maximum absolute atomic E-state index is 10.5. The van der Waals surface area contributed by atoms with Crippen molar-refractivity contribution in [2.45, 2.75) is 26.8 Å². The van der Waals surface area contributed by atoms with Gasteiger partial charge in [0.15, 0.2) is 0 Å². The molecule has 0 spiro atoms. The molecule has 0 saturated carbocycles. The van der Waals surface area contributed by atoms with Crippen LogP contribution in [0, 0.1) is 6.92 Å². The number of hydrogen-bond donors (Lipinski definition) is 1. The summed E-state index contributed by atoms with van der Waals surface area (Å²) in [5.74, 6) is -0.733. The lowest BCUT2D eigenvalue weighted by atomic mass is 10.1. The third-order valence-electron chi connectivity index (χ3n) is 2.74. The first kappa shape index (κ1) is 12.7. The van der Waals surface area contributed by atoms with Gasteiger partial charge < -0.3 is 5.11 Å². The van der Waals surface area contributed by atoms with Crippen molar-refractivity contribution in [3.63, 3.8) is 0 Å². The van der Waals surface area contributed by atoms with E-state index in [1.807, 2.05) is 12.1 Å². The molecule has 0 atom stereocenters. The summed E-state index contributed by atoms with van der Waals surface area (Å²) in [6.45, 7) is 6.46. The molecule has 0 aromatic heterocycles. The number of carboxylic acids is 1. The van der Waals surface area contributed by atoms with Gasteiger partial charge >= 0.3 is 5.97 Å². The Morgan fingerprint density at radius 1 is 1.38 bits per heavy atom. The highest BCUT2D eigenvalue weighted by Crippen LogP contribution is 2.10. The third-order valence-corrected chi connectivity index (χ3v) is 2.74. The van der Waals surface area contributed by atoms with Crippen LogP contribution in [0.2, 0.25) is 0 Å². The molecule has 0 unspecified atom stereocenters. The molecule has 1 aromatic rings. The fourth-order valence-corrected chi connectivity index (χ4v) is 1.63. The number of carbonyl (C=O) groups is 1. The second-order valence-electron chi connectivity index (χ2n) is 3.94. The normalized spacial score (nSPS) is 10.7. The number of aryl methyl sites for hydroxylation is 1. The Bertz CT molecular complexity index is 350. The first-order valence-electron chi connectivity index (χ1n) is 5.62. The second-order valence-corrected chi connectivity index (χ2v) is 3.94. The molecular formula is C13H19NO2. The maximum atomic E-state index is 10.5. The summed E-state index contributed by atoms with van der Waals surface area (Å²) in [6.07, 6.45) is 0.208. The molecule has 1 aromatic carbocycles. The molecule has 0 fully saturated rings. The van der Waals surface area contributed by atoms with E-state index in [1.165, 1.54) is 11.1 Å². The molecule has 0 saturated heterocycles. The van der Waals surface area contributed by atoms with Crippen molar-refractivity contribution >= 4 is 5.97 Å². The molecule has 16 heavy (non-hydrogen) atoms. The number of rotatable bonds is 6. The zero-order valence-corrected chi connectivity index (χ0v) is 9.94. The standard InChI is InChI=1S/C13H19NO2/c1-3-14(9-8-13(15)16)10-12-7-5-4-6-11(12)2/h4-7H,3,8-10H2,1-2H3,(H,15,16). The smallest absolute Gasteiger partial charge is 0.304 e. The quantitative estimate of drug-likeness (QED) is 0.801. The predicted molar refractivity (Wildman–Crippen MR) is 64.4 cm³/mol. The highest BCUT2D eigenvalue weighted by molar-refractivity contribution is 5.66. The number of nitrogens with zero attached hydrogens (tertiary/aromatic N) is 1. The van der Waals surface area contributed by atoms with Gasteiger partial charge in [-0.15, -0.1) is 0 Å². The lowest BCUT2D eigenvalue weighted by Crippen LogP contribution is -2.26. The Labute approximate surface area is 96.7 Å². The Morgan fingerprint density at radius 3 is 2.62 bits per heavy atom. The molecule has 1 N–H and O–H groups in total. The van der Waals surface area contributed by atoms with E-state index < -0.39 is 5.97 Å². The van der Waals surface area contributed by atoms with Crippen molar-refractivity contribution in [3.05, 3.63) is 35.4 Å². The summed E-state index contributed by atoms with van der Waals surface area (Å²) in [4.78, 5) is 12.7. The summed E-state index contributed by atoms with van der Waals surface area (Å²) in [5, 5.41) is 8.65. The molecule has 0 bridgehead atoms. The highest BCUT2D eigenvalue weighted by atomic mass is 16.4. The zero-order valence-electron chi connectivity index (χ0n) is 9.94. The van der Waals surface area contributed by atoms with Crippen LogP contribution in [-0.2, 0) is 11.3 Å². The van der Waals surface area contributed by atoms with Gasteiger partial charge in [0.2, 0.25) is 0 Å². The lowest BCUT2D eigenvalue weighted by Gasteiger charge is -2.20. The van der Waals surface area contributed by atoms with Crippen LogP contribution in [0.15, 0.2) is 24.3 Å². The van der Waals surface area contributed by atoms with E-state index in [1.54, 1.807) is 0 Å². The minimum absolute atomic E-state index is 0.208. The van der Waals surface area contributed by atoms with Crippen molar-refractivity contribution < 1.29 is 9.90 Å². The topological polar surface area (TPSA) is 40.5 Å². The predicted octanol–water partition coefficient (Wildman–Crippen LogP) is 2.29. The summed E-state index contributed by atoms with van der Waals surface area (Å²) in [5.41, 5.74) is 2.53. The van der Waals surface area contributed by atoms with Crippen LogP contribution in [0.1, 0.15) is 24.5 Å². The highest BCUT2D eigenvalue weighted by Gasteiger charge is 2.07. The monoisotopic (exact) mass is 221 g/mol. The van der Waals surface area contributed by atoms with Gasteiger partial charge in [-0.3, -0.25) is 9.69 Å². The van der Waals surface area contributed by atoms with Crippen molar-refractivity contribution in [3.8, 4) is 0 Å². The van der Waals surface area contributed by atoms with Crippen LogP contribution in [-0.4, -0.2) is 29.1 Å². The first-order chi connectivity index (χ1) is 7.63. The van der Waals surface area contributed by atoms with Crippen molar-refractivity contribution in [1.29, 1.82) is 0 Å². The van der Waals surface area contributed by atoms with Crippen molar-refractivity contribution in [1.82, 2.24) is 4.90 Å². The summed E-state index contributed by atoms with van der Waals surface area (Å²) >= 11 is 0. The molecular weight excluding hydrogens is 202 g/mol. The molecule has 0 aliphatic rings. The SMILES string of the molecule is CCN(CCC(=O)O)Cc1ccccc1C. The van der Waals surface area contributed by atoms with Crippen LogP contribution < -0.4 is 0 Å². The fourth-order valence-electron chi connectivity index (χ4n) is 1.63. The minimum Gasteiger partial charge on any atom is -0.481 e. The van der Waals surface area contributed by atoms with E-state index in [4.69, 9.17) is 5.11 Å². The van der Waals surface area contributed by atoms with Crippen LogP contribution >= 0.6 is 0 Å². The molecule has 0 radical (unpaired) electrons. The number of carboxylic acid groups (broad SMARTS) is 1. The first-order valence-corrected chi connectivity index (χ1v) is 5.62. The summed E-state index contributed by atoms with van der Waals surface area (Å²) in [7, 11) is 0. The van der Waals surface area contributed by atoms with Gasteiger partial charge in [0.25, 0.3) is 0 Å². The molecule has 0 amide bonds. The summed E-state index contributed by atoms with van der Waals surface area (Å²) in [6, 6.07) is 8.22. The Balaban J connectivity index is 2.56. The van der Waals surface area contributed by atoms with E-state index in [2.05, 4.69) is 30.9 Å². The average Bonchev–Trinajstić information content (AvgIpc) is 2.26. The van der Waals surface area contributed by atoms with E-state index in [-0.39, 0.29) is 6.42 Å². The van der Waals surface area contributed by atoms with Crippen LogP contribution in [0.3, 0.4) is 0 Å². The Hall–Kier alpha value is -1.35. The minimum atomic E-state index is -0.733.